The molecule has 6 heteroatoms. The molecule has 0 atom stereocenters. The van der Waals surface area contributed by atoms with Crippen LogP contribution in [0.1, 0.15) is 34.2 Å². The van der Waals surface area contributed by atoms with Crippen LogP contribution in [0.2, 0.25) is 0 Å². The van der Waals surface area contributed by atoms with Crippen LogP contribution in [0.3, 0.4) is 0 Å². The Kier molecular flexibility index (Phi) is 4.89. The zero-order valence-electron chi connectivity index (χ0n) is 11.2. The van der Waals surface area contributed by atoms with Gasteiger partial charge in [-0.25, -0.2) is 9.78 Å². The Morgan fingerprint density at radius 2 is 2.05 bits per heavy atom. The first-order chi connectivity index (χ1) is 10.0. The number of Topliss-reactive ketones (excluding diaryl/α,β-unsaturated/α-hetero) is 1. The number of hydrogen-bond acceptors (Lipinski definition) is 4. The second-order valence-electron chi connectivity index (χ2n) is 4.20. The first-order valence-corrected chi connectivity index (χ1v) is 7.29. The van der Waals surface area contributed by atoms with Gasteiger partial charge < -0.3 is 9.84 Å². The number of ketones is 1. The first-order valence-electron chi connectivity index (χ1n) is 6.21. The van der Waals surface area contributed by atoms with Crippen LogP contribution in [0.15, 0.2) is 36.5 Å². The maximum atomic E-state index is 11.5. The number of hydrogen-bond donors (Lipinski definition) is 1. The highest BCUT2D eigenvalue weighted by atomic mass is 127. The van der Waals surface area contributed by atoms with Gasteiger partial charge in [-0.2, -0.15) is 0 Å². The fraction of sp³-hybridized carbons (Fsp3) is 0.133. The average Bonchev–Trinajstić information content (AvgIpc) is 2.49. The van der Waals surface area contributed by atoms with Crippen LogP contribution in [0, 0.1) is 3.57 Å². The molecule has 0 aliphatic heterocycles. The minimum atomic E-state index is -1.06. The van der Waals surface area contributed by atoms with Crippen LogP contribution in [0.4, 0.5) is 0 Å². The molecule has 108 valence electrons. The molecule has 21 heavy (non-hydrogen) atoms. The molecule has 1 aromatic carbocycles. The number of rotatable bonds is 5. The maximum Gasteiger partial charge on any atom is 0.339 e. The predicted molar refractivity (Wildman–Crippen MR) is 85.1 cm³/mol. The van der Waals surface area contributed by atoms with Crippen molar-refractivity contribution in [1.82, 2.24) is 4.98 Å². The molecule has 2 aromatic rings. The maximum absolute atomic E-state index is 11.5. The number of carbonyl (C=O) groups excluding carboxylic acids is 1. The van der Waals surface area contributed by atoms with Crippen LogP contribution in [-0.2, 0) is 0 Å². The molecule has 0 spiro atoms. The predicted octanol–water partition coefficient (Wildman–Crippen LogP) is 3.77. The van der Waals surface area contributed by atoms with Crippen LogP contribution >= 0.6 is 22.6 Å². The van der Waals surface area contributed by atoms with Crippen molar-refractivity contribution < 1.29 is 19.4 Å². The molecule has 0 aliphatic rings. The smallest absolute Gasteiger partial charge is 0.339 e. The monoisotopic (exact) mass is 397 g/mol. The summed E-state index contributed by atoms with van der Waals surface area (Å²) >= 11 is 2.03. The van der Waals surface area contributed by atoms with Gasteiger partial charge >= 0.3 is 5.97 Å². The van der Waals surface area contributed by atoms with Crippen molar-refractivity contribution in [2.75, 3.05) is 0 Å². The molecule has 0 aliphatic carbocycles. The third-order valence-electron chi connectivity index (χ3n) is 2.74. The molecule has 5 nitrogen and oxygen atoms in total. The van der Waals surface area contributed by atoms with Crippen molar-refractivity contribution in [3.8, 4) is 11.5 Å². The highest BCUT2D eigenvalue weighted by Crippen LogP contribution is 2.26. The first kappa shape index (κ1) is 15.4. The Hall–Kier alpha value is -1.96. The van der Waals surface area contributed by atoms with Crippen molar-refractivity contribution in [2.24, 2.45) is 0 Å². The molecule has 0 amide bonds. The van der Waals surface area contributed by atoms with Crippen LogP contribution in [0.5, 0.6) is 11.5 Å². The normalized spacial score (nSPS) is 10.2. The molecule has 0 saturated heterocycles. The molecule has 0 saturated carbocycles. The van der Waals surface area contributed by atoms with E-state index < -0.39 is 5.97 Å². The third-order valence-corrected chi connectivity index (χ3v) is 3.41. The summed E-state index contributed by atoms with van der Waals surface area (Å²) in [6.07, 6.45) is 1.79. The number of ether oxygens (including phenoxy) is 1. The molecular formula is C15H12INO4. The summed E-state index contributed by atoms with van der Waals surface area (Å²) in [4.78, 5) is 26.7. The van der Waals surface area contributed by atoms with Crippen molar-refractivity contribution >= 4 is 34.3 Å². The lowest BCUT2D eigenvalue weighted by Crippen LogP contribution is -2.02. The van der Waals surface area contributed by atoms with E-state index in [0.29, 0.717) is 17.9 Å². The van der Waals surface area contributed by atoms with Gasteiger partial charge in [-0.15, -0.1) is 0 Å². The van der Waals surface area contributed by atoms with Gasteiger partial charge in [0.1, 0.15) is 22.8 Å². The third kappa shape index (κ3) is 3.78. The van der Waals surface area contributed by atoms with Crippen molar-refractivity contribution in [2.45, 2.75) is 13.3 Å². The van der Waals surface area contributed by atoms with Gasteiger partial charge in [0.25, 0.3) is 0 Å². The van der Waals surface area contributed by atoms with E-state index in [9.17, 15) is 14.7 Å². The van der Waals surface area contributed by atoms with Gasteiger partial charge in [0.05, 0.1) is 6.20 Å². The summed E-state index contributed by atoms with van der Waals surface area (Å²) in [5.74, 6) is -0.498. The lowest BCUT2D eigenvalue weighted by molar-refractivity contribution is 0.0694. The number of nitrogens with zero attached hydrogens (tertiary/aromatic N) is 1. The van der Waals surface area contributed by atoms with Crippen molar-refractivity contribution in [1.29, 1.82) is 0 Å². The molecule has 1 heterocycles. The number of carboxylic acid groups (broad SMARTS) is 1. The van der Waals surface area contributed by atoms with E-state index in [1.54, 1.807) is 31.2 Å². The van der Waals surface area contributed by atoms with E-state index >= 15 is 0 Å². The molecule has 1 aromatic heterocycles. The van der Waals surface area contributed by atoms with Gasteiger partial charge in [-0.3, -0.25) is 4.79 Å². The number of pyridine rings is 1. The summed E-state index contributed by atoms with van der Waals surface area (Å²) < 4.78 is 6.34. The fourth-order valence-corrected chi connectivity index (χ4v) is 2.16. The second-order valence-corrected chi connectivity index (χ2v) is 5.45. The lowest BCUT2D eigenvalue weighted by atomic mass is 10.2. The van der Waals surface area contributed by atoms with Gasteiger partial charge in [-0.1, -0.05) is 6.92 Å². The minimum Gasteiger partial charge on any atom is -0.478 e. The molecule has 1 N–H and O–H groups in total. The molecule has 0 unspecified atom stereocenters. The van der Waals surface area contributed by atoms with Gasteiger partial charge in [0.15, 0.2) is 5.78 Å². The van der Waals surface area contributed by atoms with Crippen LogP contribution in [-0.4, -0.2) is 21.8 Å². The average molecular weight is 397 g/mol. The molecular weight excluding hydrogens is 385 g/mol. The number of aromatic nitrogens is 1. The number of halogens is 1. The second kappa shape index (κ2) is 6.66. The van der Waals surface area contributed by atoms with Crippen LogP contribution in [0.25, 0.3) is 0 Å². The van der Waals surface area contributed by atoms with Crippen molar-refractivity contribution in [3.63, 3.8) is 0 Å². The summed E-state index contributed by atoms with van der Waals surface area (Å²) in [5, 5.41) is 9.17. The summed E-state index contributed by atoms with van der Waals surface area (Å²) in [5.41, 5.74) is 0.446. The fourth-order valence-electron chi connectivity index (χ4n) is 1.67. The van der Waals surface area contributed by atoms with E-state index in [4.69, 9.17) is 4.74 Å². The largest absolute Gasteiger partial charge is 0.478 e. The van der Waals surface area contributed by atoms with E-state index in [1.807, 2.05) is 22.6 Å². The van der Waals surface area contributed by atoms with E-state index in [-0.39, 0.29) is 17.1 Å². The Labute approximate surface area is 135 Å². The number of carboxylic acids is 1. The van der Waals surface area contributed by atoms with E-state index in [1.165, 1.54) is 12.3 Å². The Morgan fingerprint density at radius 1 is 1.29 bits per heavy atom. The summed E-state index contributed by atoms with van der Waals surface area (Å²) in [7, 11) is 0. The highest BCUT2D eigenvalue weighted by molar-refractivity contribution is 14.1. The number of benzene rings is 1. The standard InChI is InChI=1S/C15H12INO4/c1-2-13(18)12-5-4-10(8-17-12)21-14-6-3-9(16)7-11(14)15(19)20/h3-8H,2H2,1H3,(H,19,20). The van der Waals surface area contributed by atoms with Crippen molar-refractivity contribution in [3.05, 3.63) is 51.4 Å². The lowest BCUT2D eigenvalue weighted by Gasteiger charge is -2.09. The Morgan fingerprint density at radius 3 is 2.62 bits per heavy atom. The summed E-state index contributed by atoms with van der Waals surface area (Å²) in [6, 6.07) is 8.04. The molecule has 0 fully saturated rings. The quantitative estimate of drug-likeness (QED) is 0.614. The highest BCUT2D eigenvalue weighted by Gasteiger charge is 2.13. The van der Waals surface area contributed by atoms with Gasteiger partial charge in [-0.05, 0) is 52.9 Å². The Balaban J connectivity index is 2.26. The number of carbonyl (C=O) groups is 2. The zero-order chi connectivity index (χ0) is 15.4. The molecule has 2 rings (SSSR count). The molecule has 0 radical (unpaired) electrons. The SMILES string of the molecule is CCC(=O)c1ccc(Oc2ccc(I)cc2C(=O)O)cn1. The van der Waals surface area contributed by atoms with Gasteiger partial charge in [0, 0.05) is 9.99 Å². The van der Waals surface area contributed by atoms with E-state index in [0.717, 1.165) is 3.57 Å². The van der Waals surface area contributed by atoms with Gasteiger partial charge in [0.2, 0.25) is 0 Å². The Bertz CT molecular complexity index is 683. The van der Waals surface area contributed by atoms with E-state index in [2.05, 4.69) is 4.98 Å². The zero-order valence-corrected chi connectivity index (χ0v) is 13.3. The molecule has 0 bridgehead atoms. The topological polar surface area (TPSA) is 76.5 Å². The minimum absolute atomic E-state index is 0.0537. The van der Waals surface area contributed by atoms with Crippen LogP contribution < -0.4 is 4.74 Å². The number of aromatic carboxylic acids is 1. The summed E-state index contributed by atoms with van der Waals surface area (Å²) in [6.45, 7) is 1.76.